The maximum atomic E-state index is 13.1. The predicted molar refractivity (Wildman–Crippen MR) is 90.9 cm³/mol. The van der Waals surface area contributed by atoms with Crippen LogP contribution in [0, 0.1) is 0 Å². The third-order valence-corrected chi connectivity index (χ3v) is 4.78. The van der Waals surface area contributed by atoms with Crippen LogP contribution in [0.15, 0.2) is 22.6 Å². The van der Waals surface area contributed by atoms with Gasteiger partial charge in [-0.15, -0.1) is 0 Å². The van der Waals surface area contributed by atoms with Gasteiger partial charge < -0.3 is 24.1 Å². The number of alkyl halides is 3. The van der Waals surface area contributed by atoms with E-state index in [1.165, 1.54) is 6.07 Å². The largest absolute Gasteiger partial charge is 0.449 e. The van der Waals surface area contributed by atoms with E-state index in [1.807, 2.05) is 4.90 Å². The molecule has 0 saturated carbocycles. The predicted octanol–water partition coefficient (Wildman–Crippen LogP) is 2.81. The van der Waals surface area contributed by atoms with E-state index in [0.717, 1.165) is 12.1 Å². The molecule has 0 radical (unpaired) electrons. The van der Waals surface area contributed by atoms with Crippen molar-refractivity contribution in [3.8, 4) is 0 Å². The first-order valence-corrected chi connectivity index (χ1v) is 8.80. The second-order valence-electron chi connectivity index (χ2n) is 6.59. The molecule has 2 aliphatic rings. The molecule has 0 aliphatic carbocycles. The second-order valence-corrected chi connectivity index (χ2v) is 6.59. The number of carbonyl (C=O) groups excluding carboxylic acids is 1. The Morgan fingerprint density at radius 3 is 2.85 bits per heavy atom. The number of fused-ring (bicyclic) bond motifs is 3. The molecule has 2 aromatic rings. The van der Waals surface area contributed by atoms with Crippen molar-refractivity contribution >= 4 is 22.6 Å². The molecule has 1 N–H and O–H groups in total. The minimum atomic E-state index is -4.47. The van der Waals surface area contributed by atoms with Crippen LogP contribution >= 0.6 is 0 Å². The topological polar surface area (TPSA) is 63.9 Å². The Labute approximate surface area is 153 Å². The van der Waals surface area contributed by atoms with E-state index in [2.05, 4.69) is 5.32 Å². The summed E-state index contributed by atoms with van der Waals surface area (Å²) in [5.41, 5.74) is -0.109. The molecule has 3 heterocycles. The van der Waals surface area contributed by atoms with Crippen LogP contribution in [0.2, 0.25) is 0 Å². The maximum Gasteiger partial charge on any atom is 0.416 e. The molecule has 6 nitrogen and oxygen atoms in total. The van der Waals surface area contributed by atoms with Crippen molar-refractivity contribution in [1.29, 1.82) is 0 Å². The fourth-order valence-corrected chi connectivity index (χ4v) is 3.45. The van der Waals surface area contributed by atoms with Gasteiger partial charge in [-0.2, -0.15) is 13.2 Å². The molecule has 146 valence electrons. The molecule has 4 rings (SSSR count). The summed E-state index contributed by atoms with van der Waals surface area (Å²) in [6, 6.07) is 3.26. The summed E-state index contributed by atoms with van der Waals surface area (Å²) < 4.78 is 56.1. The minimum absolute atomic E-state index is 0.0441. The molecule has 2 aliphatic heterocycles. The number of furan rings is 1. The number of carbonyl (C=O) groups is 1. The Bertz CT molecular complexity index is 843. The van der Waals surface area contributed by atoms with Gasteiger partial charge in [0.15, 0.2) is 0 Å². The van der Waals surface area contributed by atoms with Crippen molar-refractivity contribution in [2.45, 2.75) is 18.7 Å². The van der Waals surface area contributed by atoms with Crippen molar-refractivity contribution in [2.75, 3.05) is 44.4 Å². The molecule has 1 saturated heterocycles. The van der Waals surface area contributed by atoms with Gasteiger partial charge in [-0.25, -0.2) is 0 Å². The standard InChI is InChI=1S/C18H19F3N2O4/c19-18(20,21)11-1-2-14-13(9-11)15-16(27-14)17(24)22-4-6-23(15)5-3-12-10-25-7-8-26-12/h1-2,9,12H,3-8,10H2,(H,22,24)/t12-/m0/s1. The number of ether oxygens (including phenoxy) is 2. The zero-order valence-electron chi connectivity index (χ0n) is 14.5. The second kappa shape index (κ2) is 7.05. The molecule has 27 heavy (non-hydrogen) atoms. The summed E-state index contributed by atoms with van der Waals surface area (Å²) in [6.07, 6.45) is -3.90. The highest BCUT2D eigenvalue weighted by Crippen LogP contribution is 2.39. The van der Waals surface area contributed by atoms with E-state index >= 15 is 0 Å². The van der Waals surface area contributed by atoms with Gasteiger partial charge in [0.2, 0.25) is 5.76 Å². The number of benzene rings is 1. The van der Waals surface area contributed by atoms with Gasteiger partial charge in [0.05, 0.1) is 37.2 Å². The van der Waals surface area contributed by atoms with Gasteiger partial charge in [-0.3, -0.25) is 4.79 Å². The number of halogens is 3. The van der Waals surface area contributed by atoms with Gasteiger partial charge in [0.25, 0.3) is 5.91 Å². The summed E-state index contributed by atoms with van der Waals surface area (Å²) in [5, 5.41) is 3.01. The number of nitrogens with one attached hydrogen (secondary N) is 1. The lowest BCUT2D eigenvalue weighted by molar-refractivity contribution is -0.137. The average molecular weight is 384 g/mol. The smallest absolute Gasteiger partial charge is 0.416 e. The van der Waals surface area contributed by atoms with Crippen molar-refractivity contribution in [2.24, 2.45) is 0 Å². The first-order chi connectivity index (χ1) is 12.9. The van der Waals surface area contributed by atoms with E-state index in [-0.39, 0.29) is 22.8 Å². The lowest BCUT2D eigenvalue weighted by atomic mass is 10.1. The molecule has 9 heteroatoms. The SMILES string of the molecule is O=C1NCCN(CC[C@H]2COCCO2)c2c1oc1ccc(C(F)(F)F)cc21. The zero-order valence-corrected chi connectivity index (χ0v) is 14.5. The third kappa shape index (κ3) is 3.61. The summed E-state index contributed by atoms with van der Waals surface area (Å²) in [7, 11) is 0. The molecule has 1 aromatic carbocycles. The van der Waals surface area contributed by atoms with E-state index in [9.17, 15) is 18.0 Å². The van der Waals surface area contributed by atoms with Crippen molar-refractivity contribution in [1.82, 2.24) is 5.32 Å². The highest BCUT2D eigenvalue weighted by atomic mass is 19.4. The fraction of sp³-hybridized carbons (Fsp3) is 0.500. The highest BCUT2D eigenvalue weighted by molar-refractivity contribution is 6.07. The quantitative estimate of drug-likeness (QED) is 0.882. The fourth-order valence-electron chi connectivity index (χ4n) is 3.45. The molecule has 1 amide bonds. The lowest BCUT2D eigenvalue weighted by Crippen LogP contribution is -2.35. The van der Waals surface area contributed by atoms with Crippen LogP contribution in [0.3, 0.4) is 0 Å². The van der Waals surface area contributed by atoms with Gasteiger partial charge >= 0.3 is 6.18 Å². The van der Waals surface area contributed by atoms with E-state index in [4.69, 9.17) is 13.9 Å². The monoisotopic (exact) mass is 384 g/mol. The van der Waals surface area contributed by atoms with Crippen LogP contribution in [0.1, 0.15) is 22.5 Å². The summed E-state index contributed by atoms with van der Waals surface area (Å²) in [4.78, 5) is 14.2. The van der Waals surface area contributed by atoms with Crippen molar-refractivity contribution < 1.29 is 31.9 Å². The number of nitrogens with zero attached hydrogens (tertiary/aromatic N) is 1. The highest BCUT2D eigenvalue weighted by Gasteiger charge is 2.33. The molecule has 0 unspecified atom stereocenters. The Balaban J connectivity index is 1.70. The van der Waals surface area contributed by atoms with Gasteiger partial charge in [0, 0.05) is 25.0 Å². The first kappa shape index (κ1) is 18.1. The van der Waals surface area contributed by atoms with E-state index in [1.54, 1.807) is 0 Å². The van der Waals surface area contributed by atoms with Crippen molar-refractivity contribution in [3.63, 3.8) is 0 Å². The summed E-state index contributed by atoms with van der Waals surface area (Å²) in [5.74, 6) is -0.378. The molecule has 0 spiro atoms. The normalized spacial score (nSPS) is 21.1. The Hall–Kier alpha value is -2.26. The van der Waals surface area contributed by atoms with Crippen LogP contribution in [0.5, 0.6) is 0 Å². The van der Waals surface area contributed by atoms with Crippen LogP contribution in [-0.4, -0.2) is 51.5 Å². The van der Waals surface area contributed by atoms with Crippen LogP contribution < -0.4 is 10.2 Å². The summed E-state index contributed by atoms with van der Waals surface area (Å²) >= 11 is 0. The third-order valence-electron chi connectivity index (χ3n) is 4.78. The van der Waals surface area contributed by atoms with Crippen LogP contribution in [0.4, 0.5) is 18.9 Å². The molecular formula is C18H19F3N2O4. The van der Waals surface area contributed by atoms with Gasteiger partial charge in [0.1, 0.15) is 5.58 Å². The first-order valence-electron chi connectivity index (χ1n) is 8.80. The Morgan fingerprint density at radius 2 is 2.11 bits per heavy atom. The van der Waals surface area contributed by atoms with Gasteiger partial charge in [-0.1, -0.05) is 0 Å². The van der Waals surface area contributed by atoms with Crippen LogP contribution in [0.25, 0.3) is 11.0 Å². The van der Waals surface area contributed by atoms with Crippen molar-refractivity contribution in [3.05, 3.63) is 29.5 Å². The average Bonchev–Trinajstić information content (AvgIpc) is 2.96. The summed E-state index contributed by atoms with van der Waals surface area (Å²) in [6.45, 7) is 2.95. The number of hydrogen-bond acceptors (Lipinski definition) is 5. The zero-order chi connectivity index (χ0) is 19.0. The maximum absolute atomic E-state index is 13.1. The van der Waals surface area contributed by atoms with E-state index in [0.29, 0.717) is 51.6 Å². The minimum Gasteiger partial charge on any atom is -0.449 e. The van der Waals surface area contributed by atoms with Crippen LogP contribution in [-0.2, 0) is 15.7 Å². The number of anilines is 1. The molecule has 1 atom stereocenters. The Kier molecular flexibility index (Phi) is 4.73. The van der Waals surface area contributed by atoms with Gasteiger partial charge in [-0.05, 0) is 24.6 Å². The Morgan fingerprint density at radius 1 is 1.26 bits per heavy atom. The number of rotatable bonds is 3. The molecular weight excluding hydrogens is 365 g/mol. The molecule has 0 bridgehead atoms. The molecule has 1 aromatic heterocycles. The molecule has 1 fully saturated rings. The number of hydrogen-bond donors (Lipinski definition) is 1. The lowest BCUT2D eigenvalue weighted by Gasteiger charge is -2.27. The van der Waals surface area contributed by atoms with E-state index < -0.39 is 17.6 Å². The number of amides is 1.